The van der Waals surface area contributed by atoms with Crippen molar-refractivity contribution in [3.63, 3.8) is 0 Å². The molecule has 0 bridgehead atoms. The molecule has 1 N–H and O–H groups in total. The summed E-state index contributed by atoms with van der Waals surface area (Å²) in [5.74, 6) is 2.50. The molecule has 8 heteroatoms. The molecule has 2 saturated heterocycles. The van der Waals surface area contributed by atoms with Crippen LogP contribution in [0.15, 0.2) is 11.2 Å². The summed E-state index contributed by atoms with van der Waals surface area (Å²) in [7, 11) is -3.53. The van der Waals surface area contributed by atoms with Crippen LogP contribution in [0, 0.1) is 6.92 Å². The Kier molecular flexibility index (Phi) is 4.58. The lowest BCUT2D eigenvalue weighted by Gasteiger charge is -2.29. The number of imidazole rings is 1. The van der Waals surface area contributed by atoms with Crippen molar-refractivity contribution >= 4 is 21.8 Å². The molecule has 0 amide bonds. The number of H-pyrrole nitrogens is 1. The normalized spacial score (nSPS) is 26.8. The van der Waals surface area contributed by atoms with E-state index in [4.69, 9.17) is 4.74 Å². The molecule has 0 spiro atoms. The van der Waals surface area contributed by atoms with Crippen LogP contribution >= 0.6 is 11.8 Å². The van der Waals surface area contributed by atoms with Gasteiger partial charge >= 0.3 is 0 Å². The summed E-state index contributed by atoms with van der Waals surface area (Å²) >= 11 is 1.81. The molecule has 3 rings (SSSR count). The minimum Gasteiger partial charge on any atom is -0.377 e. The maximum absolute atomic E-state index is 12.9. The van der Waals surface area contributed by atoms with Crippen LogP contribution in [-0.2, 0) is 14.8 Å². The quantitative estimate of drug-likeness (QED) is 0.882. The molecule has 6 nitrogen and oxygen atoms in total. The van der Waals surface area contributed by atoms with Gasteiger partial charge in [-0.25, -0.2) is 13.4 Å². The second-order valence-corrected chi connectivity index (χ2v) is 8.57. The van der Waals surface area contributed by atoms with Crippen molar-refractivity contribution in [2.75, 3.05) is 24.7 Å². The molecule has 3 heterocycles. The van der Waals surface area contributed by atoms with E-state index in [1.54, 1.807) is 11.2 Å². The first kappa shape index (κ1) is 15.3. The maximum Gasteiger partial charge on any atom is 0.260 e. The van der Waals surface area contributed by atoms with Crippen molar-refractivity contribution in [1.29, 1.82) is 0 Å². The second-order valence-electron chi connectivity index (χ2n) is 5.56. The van der Waals surface area contributed by atoms with Gasteiger partial charge in [0.25, 0.3) is 10.0 Å². The average molecular weight is 331 g/mol. The highest BCUT2D eigenvalue weighted by molar-refractivity contribution is 7.99. The van der Waals surface area contributed by atoms with Crippen LogP contribution in [0.2, 0.25) is 0 Å². The molecule has 2 aliphatic heterocycles. The summed E-state index contributed by atoms with van der Waals surface area (Å²) in [6.07, 6.45) is 4.29. The molecule has 2 aliphatic rings. The minimum absolute atomic E-state index is 0.0226. The number of ether oxygens (including phenoxy) is 1. The van der Waals surface area contributed by atoms with Crippen LogP contribution < -0.4 is 0 Å². The van der Waals surface area contributed by atoms with Crippen molar-refractivity contribution in [1.82, 2.24) is 14.3 Å². The van der Waals surface area contributed by atoms with E-state index in [9.17, 15) is 8.42 Å². The Hall–Kier alpha value is -0.570. The minimum atomic E-state index is -3.53. The van der Waals surface area contributed by atoms with Crippen LogP contribution in [0.4, 0.5) is 0 Å². The Bertz CT molecular complexity index is 575. The smallest absolute Gasteiger partial charge is 0.260 e. The molecule has 2 unspecified atom stereocenters. The monoisotopic (exact) mass is 331 g/mol. The lowest BCUT2D eigenvalue weighted by molar-refractivity contribution is 0.0876. The Labute approximate surface area is 129 Å². The summed E-state index contributed by atoms with van der Waals surface area (Å²) in [4.78, 5) is 6.88. The second kappa shape index (κ2) is 6.28. The molecule has 1 aromatic heterocycles. The van der Waals surface area contributed by atoms with E-state index in [-0.39, 0.29) is 17.2 Å². The van der Waals surface area contributed by atoms with Crippen molar-refractivity contribution in [3.05, 3.63) is 12.0 Å². The first-order valence-electron chi connectivity index (χ1n) is 7.30. The van der Waals surface area contributed by atoms with E-state index < -0.39 is 10.0 Å². The van der Waals surface area contributed by atoms with Gasteiger partial charge in [0, 0.05) is 24.9 Å². The first-order valence-corrected chi connectivity index (χ1v) is 9.89. The Balaban J connectivity index is 1.85. The summed E-state index contributed by atoms with van der Waals surface area (Å²) in [6.45, 7) is 2.95. The summed E-state index contributed by atoms with van der Waals surface area (Å²) < 4.78 is 33.1. The SMILES string of the molecule is Cc1ncc(S(=O)(=O)N(CC2CCCO2)C2CCSC2)[nH]1. The predicted octanol–water partition coefficient (Wildman–Crippen LogP) is 1.39. The summed E-state index contributed by atoms with van der Waals surface area (Å²) in [5.41, 5.74) is 0. The van der Waals surface area contributed by atoms with Gasteiger partial charge < -0.3 is 9.72 Å². The van der Waals surface area contributed by atoms with Gasteiger partial charge in [-0.15, -0.1) is 0 Å². The number of thioether (sulfide) groups is 1. The number of hydrogen-bond acceptors (Lipinski definition) is 5. The Morgan fingerprint density at radius 2 is 2.38 bits per heavy atom. The van der Waals surface area contributed by atoms with Crippen LogP contribution in [0.5, 0.6) is 0 Å². The van der Waals surface area contributed by atoms with Crippen molar-refractivity contribution in [2.24, 2.45) is 0 Å². The Morgan fingerprint density at radius 1 is 1.52 bits per heavy atom. The fraction of sp³-hybridized carbons (Fsp3) is 0.769. The van der Waals surface area contributed by atoms with Crippen molar-refractivity contribution < 1.29 is 13.2 Å². The fourth-order valence-electron chi connectivity index (χ4n) is 2.84. The van der Waals surface area contributed by atoms with Gasteiger partial charge in [0.15, 0.2) is 5.03 Å². The van der Waals surface area contributed by atoms with Crippen LogP contribution in [0.25, 0.3) is 0 Å². The third-order valence-corrected chi connectivity index (χ3v) is 6.96. The molecule has 2 fully saturated rings. The number of aryl methyl sites for hydroxylation is 1. The summed E-state index contributed by atoms with van der Waals surface area (Å²) in [6, 6.07) is 0.0628. The standard InChI is InChI=1S/C13H21N3O3S2/c1-10-14-7-13(15-10)21(17,18)16(11-4-6-20-9-11)8-12-3-2-5-19-12/h7,11-12H,2-6,8-9H2,1H3,(H,14,15). The maximum atomic E-state index is 12.9. The molecule has 0 radical (unpaired) electrons. The zero-order chi connectivity index (χ0) is 14.9. The van der Waals surface area contributed by atoms with Crippen LogP contribution in [0.3, 0.4) is 0 Å². The largest absolute Gasteiger partial charge is 0.377 e. The summed E-state index contributed by atoms with van der Waals surface area (Å²) in [5, 5.41) is 0.190. The van der Waals surface area contributed by atoms with Crippen molar-refractivity contribution in [3.8, 4) is 0 Å². The molecule has 1 aromatic rings. The van der Waals surface area contributed by atoms with Gasteiger partial charge in [-0.2, -0.15) is 16.1 Å². The third kappa shape index (κ3) is 3.28. The van der Waals surface area contributed by atoms with Crippen molar-refractivity contribution in [2.45, 2.75) is 43.4 Å². The van der Waals surface area contributed by atoms with Crippen LogP contribution in [-0.4, -0.2) is 59.5 Å². The third-order valence-electron chi connectivity index (χ3n) is 3.99. The van der Waals surface area contributed by atoms with Gasteiger partial charge in [0.2, 0.25) is 0 Å². The first-order chi connectivity index (χ1) is 10.1. The number of sulfonamides is 1. The Morgan fingerprint density at radius 3 is 2.95 bits per heavy atom. The van der Waals surface area contributed by atoms with Crippen LogP contribution in [0.1, 0.15) is 25.1 Å². The molecule has 2 atom stereocenters. The van der Waals surface area contributed by atoms with E-state index in [1.807, 2.05) is 11.8 Å². The zero-order valence-electron chi connectivity index (χ0n) is 12.1. The predicted molar refractivity (Wildman–Crippen MR) is 81.9 cm³/mol. The van der Waals surface area contributed by atoms with Gasteiger partial charge in [-0.05, 0) is 31.9 Å². The molecule has 0 aliphatic carbocycles. The van der Waals surface area contributed by atoms with E-state index >= 15 is 0 Å². The van der Waals surface area contributed by atoms with E-state index in [0.717, 1.165) is 37.4 Å². The topological polar surface area (TPSA) is 75.3 Å². The fourth-order valence-corrected chi connectivity index (χ4v) is 5.81. The van der Waals surface area contributed by atoms with Gasteiger partial charge in [-0.1, -0.05) is 0 Å². The molecule has 118 valence electrons. The highest BCUT2D eigenvalue weighted by Crippen LogP contribution is 2.28. The number of aromatic nitrogens is 2. The van der Waals surface area contributed by atoms with E-state index in [0.29, 0.717) is 12.4 Å². The highest BCUT2D eigenvalue weighted by atomic mass is 32.2. The van der Waals surface area contributed by atoms with Gasteiger partial charge in [0.1, 0.15) is 5.82 Å². The molecule has 21 heavy (non-hydrogen) atoms. The number of rotatable bonds is 5. The zero-order valence-corrected chi connectivity index (χ0v) is 13.8. The molecular weight excluding hydrogens is 310 g/mol. The number of hydrogen-bond donors (Lipinski definition) is 1. The van der Waals surface area contributed by atoms with Gasteiger partial charge in [0.05, 0.1) is 12.3 Å². The van der Waals surface area contributed by atoms with E-state index in [2.05, 4.69) is 9.97 Å². The van der Waals surface area contributed by atoms with E-state index in [1.165, 1.54) is 6.20 Å². The average Bonchev–Trinajstić information content (AvgIpc) is 3.18. The highest BCUT2D eigenvalue weighted by Gasteiger charge is 2.37. The number of nitrogens with one attached hydrogen (secondary N) is 1. The number of aromatic amines is 1. The lowest BCUT2D eigenvalue weighted by atomic mass is 10.2. The van der Waals surface area contributed by atoms with Gasteiger partial charge in [-0.3, -0.25) is 0 Å². The lowest BCUT2D eigenvalue weighted by Crippen LogP contribution is -2.44. The molecule has 0 saturated carbocycles. The number of nitrogens with zero attached hydrogens (tertiary/aromatic N) is 2. The molecular formula is C13H21N3O3S2. The molecule has 0 aromatic carbocycles.